The molecule has 2 saturated heterocycles. The molecule has 0 bridgehead atoms. The van der Waals surface area contributed by atoms with Gasteiger partial charge in [-0.05, 0) is 5.53 Å². The number of nitrogens with one attached hydrogen (secondary N) is 1. The van der Waals surface area contributed by atoms with Crippen LogP contribution in [0.3, 0.4) is 0 Å². The van der Waals surface area contributed by atoms with Crippen molar-refractivity contribution in [2.75, 3.05) is 20.8 Å². The van der Waals surface area contributed by atoms with E-state index in [0.717, 1.165) is 19.1 Å². The van der Waals surface area contributed by atoms with E-state index >= 15 is 0 Å². The summed E-state index contributed by atoms with van der Waals surface area (Å²) >= 11 is 1.73. The van der Waals surface area contributed by atoms with E-state index in [1.807, 2.05) is 0 Å². The average Bonchev–Trinajstić information content (AvgIpc) is 3.05. The van der Waals surface area contributed by atoms with E-state index in [1.54, 1.807) is 22.6 Å². The number of halogens is 1. The number of azide groups is 1. The number of nitrogens with zero attached hydrogens (tertiary/aromatic N) is 4. The number of imide groups is 1. The van der Waals surface area contributed by atoms with E-state index < -0.39 is 52.8 Å². The Morgan fingerprint density at radius 3 is 2.64 bits per heavy atom. The number of carbonyl (C=O) groups excluding carboxylic acids is 4. The van der Waals surface area contributed by atoms with Gasteiger partial charge in [0.15, 0.2) is 0 Å². The van der Waals surface area contributed by atoms with Crippen LogP contribution in [-0.4, -0.2) is 78.5 Å². The molecule has 0 aromatic rings. The third-order valence-electron chi connectivity index (χ3n) is 3.87. The predicted octanol–water partition coefficient (Wildman–Crippen LogP) is 1.03. The lowest BCUT2D eigenvalue weighted by atomic mass is 10.1. The van der Waals surface area contributed by atoms with Crippen molar-refractivity contribution in [3.8, 4) is 0 Å². The summed E-state index contributed by atoms with van der Waals surface area (Å²) < 4.78 is 23.5. The molecule has 2 aliphatic rings. The van der Waals surface area contributed by atoms with Gasteiger partial charge in [-0.25, -0.2) is 14.4 Å². The number of hydrogen-bond donors (Lipinski definition) is 1. The van der Waals surface area contributed by atoms with E-state index in [0.29, 0.717) is 0 Å². The normalized spacial score (nSPS) is 29.4. The highest BCUT2D eigenvalue weighted by Gasteiger charge is 2.49. The van der Waals surface area contributed by atoms with Gasteiger partial charge in [0.25, 0.3) is 0 Å². The Hall–Kier alpha value is -2.52. The first-order valence-electron chi connectivity index (χ1n) is 7.74. The number of carbonyl (C=O) groups is 4. The Morgan fingerprint density at radius 1 is 1.36 bits per heavy atom. The number of alkyl halides is 1. The van der Waals surface area contributed by atoms with Crippen LogP contribution in [0.4, 0.5) is 14.4 Å². The van der Waals surface area contributed by atoms with Crippen molar-refractivity contribution in [3.63, 3.8) is 0 Å². The molecule has 154 valence electrons. The quantitative estimate of drug-likeness (QED) is 0.140. The highest BCUT2D eigenvalue weighted by Crippen LogP contribution is 2.32. The minimum Gasteiger partial charge on any atom is -0.438 e. The van der Waals surface area contributed by atoms with Crippen molar-refractivity contribution >= 4 is 46.8 Å². The fourth-order valence-electron chi connectivity index (χ4n) is 2.63. The van der Waals surface area contributed by atoms with E-state index in [4.69, 9.17) is 19.7 Å². The summed E-state index contributed by atoms with van der Waals surface area (Å²) in [5.74, 6) is -0.620. The predicted molar refractivity (Wildman–Crippen MR) is 95.0 cm³/mol. The van der Waals surface area contributed by atoms with E-state index in [9.17, 15) is 19.2 Å². The van der Waals surface area contributed by atoms with Gasteiger partial charge < -0.3 is 23.7 Å². The number of ether oxygens (including phenoxy) is 5. The minimum absolute atomic E-state index is 0.0489. The lowest BCUT2D eigenvalue weighted by Gasteiger charge is -2.38. The smallest absolute Gasteiger partial charge is 0.438 e. The Labute approximate surface area is 171 Å². The third kappa shape index (κ3) is 4.85. The fourth-order valence-corrected chi connectivity index (χ4v) is 3.28. The average molecular weight is 513 g/mol. The number of rotatable bonds is 5. The zero-order valence-electron chi connectivity index (χ0n) is 14.6. The number of amides is 3. The molecule has 2 fully saturated rings. The van der Waals surface area contributed by atoms with Crippen LogP contribution in [-0.2, 0) is 28.5 Å². The van der Waals surface area contributed by atoms with Gasteiger partial charge in [0, 0.05) is 11.3 Å². The second kappa shape index (κ2) is 9.61. The van der Waals surface area contributed by atoms with Crippen LogP contribution in [0.2, 0.25) is 0 Å². The van der Waals surface area contributed by atoms with Crippen LogP contribution < -0.4 is 5.32 Å². The molecule has 1 N–H and O–H groups in total. The molecule has 5 unspecified atom stereocenters. The van der Waals surface area contributed by atoms with Gasteiger partial charge in [-0.1, -0.05) is 27.7 Å². The van der Waals surface area contributed by atoms with Gasteiger partial charge in [0.2, 0.25) is 5.91 Å². The maximum atomic E-state index is 12.3. The van der Waals surface area contributed by atoms with Crippen LogP contribution in [0, 0.1) is 0 Å². The summed E-state index contributed by atoms with van der Waals surface area (Å²) in [6.07, 6.45) is -6.16. The second-order valence-corrected chi connectivity index (χ2v) is 6.80. The van der Waals surface area contributed by atoms with Gasteiger partial charge in [-0.2, -0.15) is 0 Å². The van der Waals surface area contributed by atoms with Crippen LogP contribution in [0.15, 0.2) is 5.11 Å². The monoisotopic (exact) mass is 513 g/mol. The first-order valence-corrected chi connectivity index (χ1v) is 8.99. The van der Waals surface area contributed by atoms with Crippen LogP contribution >= 0.6 is 22.6 Å². The maximum Gasteiger partial charge on any atom is 0.508 e. The Bertz CT molecular complexity index is 700. The largest absolute Gasteiger partial charge is 0.508 e. The van der Waals surface area contributed by atoms with Gasteiger partial charge in [0.1, 0.15) is 35.1 Å². The van der Waals surface area contributed by atoms with Crippen molar-refractivity contribution in [3.05, 3.63) is 10.4 Å². The molecule has 14 nitrogen and oxygen atoms in total. The summed E-state index contributed by atoms with van der Waals surface area (Å²) in [7, 11) is 2.22. The van der Waals surface area contributed by atoms with Crippen molar-refractivity contribution in [1.82, 2.24) is 10.2 Å². The summed E-state index contributed by atoms with van der Waals surface area (Å²) in [6.45, 7) is -0.348. The summed E-state index contributed by atoms with van der Waals surface area (Å²) in [4.78, 5) is 50.5. The molecule has 0 aromatic carbocycles. The molecule has 2 heterocycles. The fraction of sp³-hybridized carbons (Fsp3) is 0.692. The number of urea groups is 1. The van der Waals surface area contributed by atoms with E-state index in [-0.39, 0.29) is 13.0 Å². The standard InChI is InChI=1S/C13H16IN5O9/c1-24-12(22)26-4-6-5(28-13(23)25-2)3-7(27-6)19-9(17-18-15)8(14)10(20)16-11(19)21/h5-9H,3-4H2,1-2H3,(H,16,20,21). The molecule has 2 rings (SSSR count). The molecule has 3 amide bonds. The second-order valence-electron chi connectivity index (χ2n) is 5.46. The lowest BCUT2D eigenvalue weighted by molar-refractivity contribution is -0.125. The molecule has 0 saturated carbocycles. The Kier molecular flexibility index (Phi) is 7.47. The topological polar surface area (TPSA) is 178 Å². The molecule has 0 aromatic heterocycles. The van der Waals surface area contributed by atoms with E-state index in [1.165, 1.54) is 0 Å². The minimum atomic E-state index is -1.17. The van der Waals surface area contributed by atoms with Crippen molar-refractivity contribution in [1.29, 1.82) is 0 Å². The molecule has 0 aliphatic carbocycles. The highest BCUT2D eigenvalue weighted by atomic mass is 127. The Morgan fingerprint density at radius 2 is 2.04 bits per heavy atom. The highest BCUT2D eigenvalue weighted by molar-refractivity contribution is 14.1. The first-order chi connectivity index (χ1) is 13.3. The lowest BCUT2D eigenvalue weighted by Crippen LogP contribution is -2.63. The number of methoxy groups -OCH3 is 2. The van der Waals surface area contributed by atoms with E-state index in [2.05, 4.69) is 24.8 Å². The molecule has 0 spiro atoms. The third-order valence-corrected chi connectivity index (χ3v) is 5.08. The summed E-state index contributed by atoms with van der Waals surface area (Å²) in [5.41, 5.74) is 8.78. The molecule has 5 atom stereocenters. The van der Waals surface area contributed by atoms with Crippen molar-refractivity contribution in [2.45, 2.75) is 34.9 Å². The molecule has 2 aliphatic heterocycles. The van der Waals surface area contributed by atoms with Gasteiger partial charge >= 0.3 is 18.3 Å². The maximum absolute atomic E-state index is 12.3. The molecule has 28 heavy (non-hydrogen) atoms. The zero-order valence-corrected chi connectivity index (χ0v) is 16.8. The Balaban J connectivity index is 2.21. The summed E-state index contributed by atoms with van der Waals surface area (Å²) in [6, 6.07) is -0.841. The van der Waals surface area contributed by atoms with Gasteiger partial charge in [-0.3, -0.25) is 15.0 Å². The SMILES string of the molecule is COC(=O)OCC1OC(N2C(=O)NC(=O)C(I)C2N=[N+]=[N-])CC1OC(=O)OC. The zero-order chi connectivity index (χ0) is 20.8. The van der Waals surface area contributed by atoms with Gasteiger partial charge in [0.05, 0.1) is 14.2 Å². The molecular weight excluding hydrogens is 497 g/mol. The molecular formula is C13H16IN5O9. The molecule has 0 radical (unpaired) electrons. The number of hydrogen-bond acceptors (Lipinski definition) is 10. The first kappa shape index (κ1) is 21.8. The van der Waals surface area contributed by atoms with Crippen molar-refractivity contribution < 1.29 is 42.9 Å². The molecule has 15 heteroatoms. The summed E-state index contributed by atoms with van der Waals surface area (Å²) in [5, 5.41) is 5.63. The van der Waals surface area contributed by atoms with Gasteiger partial charge in [-0.15, -0.1) is 0 Å². The van der Waals surface area contributed by atoms with Crippen LogP contribution in [0.25, 0.3) is 10.4 Å². The van der Waals surface area contributed by atoms with Crippen LogP contribution in [0.1, 0.15) is 6.42 Å². The van der Waals surface area contributed by atoms with Crippen LogP contribution in [0.5, 0.6) is 0 Å². The van der Waals surface area contributed by atoms with Crippen molar-refractivity contribution in [2.24, 2.45) is 5.11 Å².